The van der Waals surface area contributed by atoms with Gasteiger partial charge in [0.05, 0.1) is 10.5 Å². The average molecular weight is 469 g/mol. The maximum absolute atomic E-state index is 12.4. The van der Waals surface area contributed by atoms with Crippen molar-refractivity contribution >= 4 is 43.5 Å². The topological polar surface area (TPSA) is 92.8 Å². The second kappa shape index (κ2) is 8.85. The summed E-state index contributed by atoms with van der Waals surface area (Å²) in [6.07, 6.45) is -1.07. The molecule has 0 unspecified atom stereocenters. The van der Waals surface area contributed by atoms with Gasteiger partial charge in [0.1, 0.15) is 0 Å². The predicted octanol–water partition coefficient (Wildman–Crippen LogP) is 3.19. The summed E-state index contributed by atoms with van der Waals surface area (Å²) in [6, 6.07) is 11.1. The Balaban J connectivity index is 2.14. The molecule has 1 amide bonds. The maximum atomic E-state index is 12.4. The number of carbonyl (C=O) groups excluding carboxylic acids is 2. The molecule has 7 nitrogen and oxygen atoms in total. The number of hydrogen-bond donors (Lipinski definition) is 1. The van der Waals surface area contributed by atoms with E-state index >= 15 is 0 Å². The SMILES string of the molecule is Cc1ccc(S(=O)(=O)N(C)C)cc1NC(=O)[C@H](C)OC(=O)c1cccc(Br)c1. The van der Waals surface area contributed by atoms with Crippen LogP contribution in [0.25, 0.3) is 0 Å². The van der Waals surface area contributed by atoms with Gasteiger partial charge >= 0.3 is 5.97 Å². The van der Waals surface area contributed by atoms with Crippen LogP contribution in [0.4, 0.5) is 5.69 Å². The minimum absolute atomic E-state index is 0.0529. The molecule has 2 rings (SSSR count). The molecule has 0 radical (unpaired) electrons. The molecule has 0 aliphatic heterocycles. The van der Waals surface area contributed by atoms with Gasteiger partial charge < -0.3 is 10.1 Å². The van der Waals surface area contributed by atoms with E-state index < -0.39 is 28.0 Å². The summed E-state index contributed by atoms with van der Waals surface area (Å²) < 4.78 is 31.6. The lowest BCUT2D eigenvalue weighted by Gasteiger charge is -2.17. The van der Waals surface area contributed by atoms with E-state index in [0.29, 0.717) is 21.3 Å². The summed E-state index contributed by atoms with van der Waals surface area (Å²) in [5.74, 6) is -1.20. The molecule has 0 spiro atoms. The number of nitrogens with one attached hydrogen (secondary N) is 1. The first-order valence-corrected chi connectivity index (χ1v) is 10.6. The third kappa shape index (κ3) is 5.18. The molecule has 0 bridgehead atoms. The Hall–Kier alpha value is -2.23. The van der Waals surface area contributed by atoms with E-state index in [1.165, 1.54) is 33.2 Å². The lowest BCUT2D eigenvalue weighted by Crippen LogP contribution is -2.30. The zero-order valence-corrected chi connectivity index (χ0v) is 18.3. The van der Waals surface area contributed by atoms with Crippen LogP contribution in [0.1, 0.15) is 22.8 Å². The molecule has 9 heteroatoms. The van der Waals surface area contributed by atoms with Gasteiger partial charge in [-0.05, 0) is 49.7 Å². The molecule has 2 aromatic carbocycles. The van der Waals surface area contributed by atoms with Crippen molar-refractivity contribution in [2.24, 2.45) is 0 Å². The molecule has 0 saturated carbocycles. The van der Waals surface area contributed by atoms with E-state index in [2.05, 4.69) is 21.2 Å². The highest BCUT2D eigenvalue weighted by Gasteiger charge is 2.22. The van der Waals surface area contributed by atoms with E-state index in [0.717, 1.165) is 4.31 Å². The van der Waals surface area contributed by atoms with Gasteiger partial charge in [-0.25, -0.2) is 17.5 Å². The van der Waals surface area contributed by atoms with Gasteiger partial charge in [0, 0.05) is 24.3 Å². The summed E-state index contributed by atoms with van der Waals surface area (Å²) in [7, 11) is -0.784. The summed E-state index contributed by atoms with van der Waals surface area (Å²) in [5.41, 5.74) is 1.32. The van der Waals surface area contributed by atoms with Crippen LogP contribution < -0.4 is 5.32 Å². The number of benzene rings is 2. The lowest BCUT2D eigenvalue weighted by atomic mass is 10.2. The number of anilines is 1. The van der Waals surface area contributed by atoms with E-state index in [1.807, 2.05) is 0 Å². The highest BCUT2D eigenvalue weighted by molar-refractivity contribution is 9.10. The van der Waals surface area contributed by atoms with Crippen LogP contribution in [0.5, 0.6) is 0 Å². The Morgan fingerprint density at radius 1 is 1.14 bits per heavy atom. The molecule has 0 fully saturated rings. The highest BCUT2D eigenvalue weighted by atomic mass is 79.9. The molecule has 0 aliphatic carbocycles. The lowest BCUT2D eigenvalue weighted by molar-refractivity contribution is -0.123. The Kier molecular flexibility index (Phi) is 6.97. The van der Waals surface area contributed by atoms with Crippen LogP contribution in [0.15, 0.2) is 51.8 Å². The molecule has 2 aromatic rings. The number of esters is 1. The van der Waals surface area contributed by atoms with Crippen LogP contribution in [-0.4, -0.2) is 44.8 Å². The first-order chi connectivity index (χ1) is 13.0. The van der Waals surface area contributed by atoms with Crippen molar-refractivity contribution in [1.29, 1.82) is 0 Å². The van der Waals surface area contributed by atoms with Crippen LogP contribution in [-0.2, 0) is 19.6 Å². The predicted molar refractivity (Wildman–Crippen MR) is 110 cm³/mol. The first-order valence-electron chi connectivity index (χ1n) is 8.33. The van der Waals surface area contributed by atoms with Crippen LogP contribution in [0, 0.1) is 6.92 Å². The monoisotopic (exact) mass is 468 g/mol. The van der Waals surface area contributed by atoms with Gasteiger partial charge in [-0.2, -0.15) is 0 Å². The van der Waals surface area contributed by atoms with Gasteiger partial charge in [-0.1, -0.05) is 28.1 Å². The van der Waals surface area contributed by atoms with Gasteiger partial charge in [0.2, 0.25) is 10.0 Å². The van der Waals surface area contributed by atoms with E-state index in [9.17, 15) is 18.0 Å². The van der Waals surface area contributed by atoms with Gasteiger partial charge in [0.25, 0.3) is 5.91 Å². The molecular formula is C19H21BrN2O5S. The van der Waals surface area contributed by atoms with Crippen LogP contribution >= 0.6 is 15.9 Å². The molecular weight excluding hydrogens is 448 g/mol. The standard InChI is InChI=1S/C19H21BrN2O5S/c1-12-8-9-16(28(25,26)22(3)4)11-17(12)21-18(23)13(2)27-19(24)14-6-5-7-15(20)10-14/h5-11,13H,1-4H3,(H,21,23)/t13-/m0/s1. The largest absolute Gasteiger partial charge is 0.449 e. The van der Waals surface area contributed by atoms with Crippen molar-refractivity contribution in [3.05, 3.63) is 58.1 Å². The fourth-order valence-corrected chi connectivity index (χ4v) is 3.57. The average Bonchev–Trinajstić information content (AvgIpc) is 2.63. The van der Waals surface area contributed by atoms with Crippen molar-refractivity contribution in [3.63, 3.8) is 0 Å². The Morgan fingerprint density at radius 3 is 2.43 bits per heavy atom. The summed E-state index contributed by atoms with van der Waals surface area (Å²) >= 11 is 3.27. The second-order valence-electron chi connectivity index (χ2n) is 6.31. The van der Waals surface area contributed by atoms with Crippen molar-refractivity contribution in [1.82, 2.24) is 4.31 Å². The first kappa shape index (κ1) is 22.1. The maximum Gasteiger partial charge on any atom is 0.338 e. The number of hydrogen-bond acceptors (Lipinski definition) is 5. The Morgan fingerprint density at radius 2 is 1.82 bits per heavy atom. The summed E-state index contributed by atoms with van der Waals surface area (Å²) in [6.45, 7) is 3.18. The number of ether oxygens (including phenoxy) is 1. The zero-order chi connectivity index (χ0) is 21.1. The summed E-state index contributed by atoms with van der Waals surface area (Å²) in [4.78, 5) is 24.7. The van der Waals surface area contributed by atoms with Gasteiger partial charge in [-0.15, -0.1) is 0 Å². The Bertz CT molecular complexity index is 1010. The number of amides is 1. The molecule has 0 aliphatic rings. The van der Waals surface area contributed by atoms with E-state index in [4.69, 9.17) is 4.74 Å². The molecule has 28 heavy (non-hydrogen) atoms. The number of sulfonamides is 1. The Labute approximate surface area is 172 Å². The number of halogens is 1. The van der Waals surface area contributed by atoms with E-state index in [1.54, 1.807) is 37.3 Å². The quantitative estimate of drug-likeness (QED) is 0.657. The highest BCUT2D eigenvalue weighted by Crippen LogP contribution is 2.22. The second-order valence-corrected chi connectivity index (χ2v) is 9.38. The molecule has 0 saturated heterocycles. The number of rotatable bonds is 6. The van der Waals surface area contributed by atoms with Crippen molar-refractivity contribution in [2.45, 2.75) is 24.8 Å². The van der Waals surface area contributed by atoms with Crippen molar-refractivity contribution in [3.8, 4) is 0 Å². The fraction of sp³-hybridized carbons (Fsp3) is 0.263. The van der Waals surface area contributed by atoms with Crippen LogP contribution in [0.2, 0.25) is 0 Å². The fourth-order valence-electron chi connectivity index (χ4n) is 2.24. The van der Waals surface area contributed by atoms with Crippen molar-refractivity contribution in [2.75, 3.05) is 19.4 Å². The third-order valence-corrected chi connectivity index (χ3v) is 6.26. The number of aryl methyl sites for hydroxylation is 1. The minimum atomic E-state index is -3.64. The van der Waals surface area contributed by atoms with Gasteiger partial charge in [0.15, 0.2) is 6.10 Å². The van der Waals surface area contributed by atoms with Crippen molar-refractivity contribution < 1.29 is 22.7 Å². The molecule has 0 heterocycles. The van der Waals surface area contributed by atoms with E-state index in [-0.39, 0.29) is 4.90 Å². The molecule has 0 aromatic heterocycles. The smallest absolute Gasteiger partial charge is 0.338 e. The normalized spacial score (nSPS) is 12.5. The zero-order valence-electron chi connectivity index (χ0n) is 15.9. The summed E-state index contributed by atoms with van der Waals surface area (Å²) in [5, 5.41) is 2.62. The molecule has 150 valence electrons. The third-order valence-electron chi connectivity index (χ3n) is 3.96. The minimum Gasteiger partial charge on any atom is -0.449 e. The number of nitrogens with zero attached hydrogens (tertiary/aromatic N) is 1. The van der Waals surface area contributed by atoms with Crippen LogP contribution in [0.3, 0.4) is 0 Å². The molecule has 1 N–H and O–H groups in total. The van der Waals surface area contributed by atoms with Gasteiger partial charge in [-0.3, -0.25) is 4.79 Å². The number of carbonyl (C=O) groups is 2. The molecule has 1 atom stereocenters.